The van der Waals surface area contributed by atoms with Crippen molar-refractivity contribution >= 4 is 29.6 Å². The second kappa shape index (κ2) is 12.5. The SMILES string of the molecule is CC.CSc1ccc(C(=O)/C=C/c2cc(C)c(OC(C)C(=O)OC(C)(C)C)c(C)c2)cc1. The lowest BCUT2D eigenvalue weighted by molar-refractivity contribution is -0.162. The topological polar surface area (TPSA) is 52.6 Å². The number of rotatable bonds is 7. The molecule has 0 fully saturated rings. The third-order valence-corrected chi connectivity index (χ3v) is 5.06. The zero-order chi connectivity index (χ0) is 24.5. The molecule has 32 heavy (non-hydrogen) atoms. The average Bonchev–Trinajstić information content (AvgIpc) is 2.74. The Morgan fingerprint density at radius 2 is 1.53 bits per heavy atom. The minimum Gasteiger partial charge on any atom is -0.478 e. The van der Waals surface area contributed by atoms with E-state index in [0.29, 0.717) is 11.3 Å². The van der Waals surface area contributed by atoms with E-state index in [0.717, 1.165) is 21.6 Å². The molecule has 174 valence electrons. The van der Waals surface area contributed by atoms with Crippen LogP contribution < -0.4 is 4.74 Å². The lowest BCUT2D eigenvalue weighted by Crippen LogP contribution is -2.33. The van der Waals surface area contributed by atoms with Gasteiger partial charge in [0, 0.05) is 10.5 Å². The van der Waals surface area contributed by atoms with Crippen molar-refractivity contribution < 1.29 is 19.1 Å². The van der Waals surface area contributed by atoms with Crippen LogP contribution in [0, 0.1) is 13.8 Å². The monoisotopic (exact) mass is 456 g/mol. The first-order valence-electron chi connectivity index (χ1n) is 10.9. The maximum Gasteiger partial charge on any atom is 0.347 e. The third kappa shape index (κ3) is 8.54. The van der Waals surface area contributed by atoms with Crippen LogP contribution in [0.1, 0.15) is 68.6 Å². The van der Waals surface area contributed by atoms with E-state index < -0.39 is 17.7 Å². The van der Waals surface area contributed by atoms with Crippen molar-refractivity contribution in [3.05, 3.63) is 64.7 Å². The second-order valence-corrected chi connectivity index (χ2v) is 9.08. The Kier molecular flexibility index (Phi) is 10.7. The summed E-state index contributed by atoms with van der Waals surface area (Å²) in [5, 5.41) is 0. The van der Waals surface area contributed by atoms with Crippen molar-refractivity contribution in [3.63, 3.8) is 0 Å². The molecule has 0 aliphatic rings. The van der Waals surface area contributed by atoms with E-state index in [9.17, 15) is 9.59 Å². The van der Waals surface area contributed by atoms with Gasteiger partial charge < -0.3 is 9.47 Å². The number of aryl methyl sites for hydroxylation is 2. The Morgan fingerprint density at radius 1 is 1.00 bits per heavy atom. The number of ketones is 1. The number of hydrogen-bond donors (Lipinski definition) is 0. The highest BCUT2D eigenvalue weighted by atomic mass is 32.2. The first kappa shape index (κ1) is 27.5. The molecule has 0 heterocycles. The van der Waals surface area contributed by atoms with Crippen LogP contribution in [0.25, 0.3) is 6.08 Å². The van der Waals surface area contributed by atoms with Crippen LogP contribution in [0.2, 0.25) is 0 Å². The van der Waals surface area contributed by atoms with Gasteiger partial charge in [-0.1, -0.05) is 19.9 Å². The summed E-state index contributed by atoms with van der Waals surface area (Å²) in [4.78, 5) is 25.8. The number of esters is 1. The molecule has 0 aliphatic heterocycles. The molecule has 2 aromatic carbocycles. The van der Waals surface area contributed by atoms with Crippen LogP contribution in [0.15, 0.2) is 47.4 Å². The number of carbonyl (C=O) groups is 2. The molecule has 4 nitrogen and oxygen atoms in total. The Hall–Kier alpha value is -2.53. The van der Waals surface area contributed by atoms with Crippen LogP contribution in [-0.2, 0) is 9.53 Å². The summed E-state index contributed by atoms with van der Waals surface area (Å²) in [6, 6.07) is 11.4. The van der Waals surface area contributed by atoms with Crippen molar-refractivity contribution in [3.8, 4) is 5.75 Å². The molecule has 1 atom stereocenters. The Labute approximate surface area is 197 Å². The summed E-state index contributed by atoms with van der Waals surface area (Å²) >= 11 is 1.64. The molecule has 0 saturated heterocycles. The molecule has 0 amide bonds. The molecular formula is C27H36O4S. The van der Waals surface area contributed by atoms with E-state index in [1.54, 1.807) is 30.8 Å². The van der Waals surface area contributed by atoms with Gasteiger partial charge in [-0.3, -0.25) is 4.79 Å². The van der Waals surface area contributed by atoms with Crippen molar-refractivity contribution in [2.75, 3.05) is 6.26 Å². The maximum absolute atomic E-state index is 12.4. The van der Waals surface area contributed by atoms with Gasteiger partial charge in [-0.05, 0) is 107 Å². The molecule has 2 rings (SSSR count). The molecule has 2 aromatic rings. The summed E-state index contributed by atoms with van der Waals surface area (Å²) in [6.45, 7) is 15.0. The molecule has 0 aliphatic carbocycles. The molecular weight excluding hydrogens is 420 g/mol. The number of benzene rings is 2. The Morgan fingerprint density at radius 3 is 2.00 bits per heavy atom. The molecule has 0 spiro atoms. The van der Waals surface area contributed by atoms with Crippen LogP contribution >= 0.6 is 11.8 Å². The van der Waals surface area contributed by atoms with E-state index >= 15 is 0 Å². The van der Waals surface area contributed by atoms with Crippen LogP contribution in [0.5, 0.6) is 5.75 Å². The molecule has 0 aromatic heterocycles. The number of thioether (sulfide) groups is 1. The number of hydrogen-bond acceptors (Lipinski definition) is 5. The summed E-state index contributed by atoms with van der Waals surface area (Å²) in [7, 11) is 0. The van der Waals surface area contributed by atoms with Crippen molar-refractivity contribution in [1.29, 1.82) is 0 Å². The smallest absolute Gasteiger partial charge is 0.347 e. The van der Waals surface area contributed by atoms with Gasteiger partial charge in [-0.2, -0.15) is 0 Å². The van der Waals surface area contributed by atoms with E-state index in [-0.39, 0.29) is 5.78 Å². The predicted octanol–water partition coefficient (Wildman–Crippen LogP) is 7.06. The molecule has 0 bridgehead atoms. The van der Waals surface area contributed by atoms with Crippen molar-refractivity contribution in [2.24, 2.45) is 0 Å². The van der Waals surface area contributed by atoms with Crippen molar-refractivity contribution in [1.82, 2.24) is 0 Å². The van der Waals surface area contributed by atoms with Gasteiger partial charge in [0.1, 0.15) is 11.4 Å². The van der Waals surface area contributed by atoms with Gasteiger partial charge in [0.2, 0.25) is 0 Å². The second-order valence-electron chi connectivity index (χ2n) is 8.20. The predicted molar refractivity (Wildman–Crippen MR) is 135 cm³/mol. The summed E-state index contributed by atoms with van der Waals surface area (Å²) < 4.78 is 11.3. The minimum atomic E-state index is -0.714. The van der Waals surface area contributed by atoms with E-state index in [4.69, 9.17) is 9.47 Å². The molecule has 0 radical (unpaired) electrons. The van der Waals surface area contributed by atoms with Gasteiger partial charge in [0.25, 0.3) is 0 Å². The largest absolute Gasteiger partial charge is 0.478 e. The molecule has 5 heteroatoms. The first-order valence-corrected chi connectivity index (χ1v) is 12.1. The van der Waals surface area contributed by atoms with Crippen LogP contribution in [0.4, 0.5) is 0 Å². The van der Waals surface area contributed by atoms with E-state index in [1.165, 1.54) is 0 Å². The minimum absolute atomic E-state index is 0.0446. The van der Waals surface area contributed by atoms with Crippen LogP contribution in [-0.4, -0.2) is 29.7 Å². The van der Waals surface area contributed by atoms with Crippen LogP contribution in [0.3, 0.4) is 0 Å². The van der Waals surface area contributed by atoms with Gasteiger partial charge in [0.15, 0.2) is 11.9 Å². The lowest BCUT2D eigenvalue weighted by atomic mass is 10.0. The van der Waals surface area contributed by atoms with Gasteiger partial charge >= 0.3 is 5.97 Å². The normalized spacial score (nSPS) is 12.0. The highest BCUT2D eigenvalue weighted by molar-refractivity contribution is 7.98. The number of carbonyl (C=O) groups excluding carboxylic acids is 2. The molecule has 0 N–H and O–H groups in total. The summed E-state index contributed by atoms with van der Waals surface area (Å²) in [5.74, 6) is 0.213. The maximum atomic E-state index is 12.4. The van der Waals surface area contributed by atoms with Gasteiger partial charge in [0.05, 0.1) is 0 Å². The zero-order valence-electron chi connectivity index (χ0n) is 20.7. The van der Waals surface area contributed by atoms with Gasteiger partial charge in [-0.15, -0.1) is 11.8 Å². The zero-order valence-corrected chi connectivity index (χ0v) is 21.6. The summed E-state index contributed by atoms with van der Waals surface area (Å²) in [6.07, 6.45) is 4.66. The highest BCUT2D eigenvalue weighted by Crippen LogP contribution is 2.27. The Balaban J connectivity index is 0.00000249. The fourth-order valence-electron chi connectivity index (χ4n) is 2.90. The number of allylic oxidation sites excluding steroid dienone is 1. The van der Waals surface area contributed by atoms with Gasteiger partial charge in [-0.25, -0.2) is 4.79 Å². The Bertz CT molecular complexity index is 914. The highest BCUT2D eigenvalue weighted by Gasteiger charge is 2.24. The fraction of sp³-hybridized carbons (Fsp3) is 0.407. The first-order chi connectivity index (χ1) is 15.0. The van der Waals surface area contributed by atoms with E-state index in [2.05, 4.69) is 0 Å². The third-order valence-electron chi connectivity index (χ3n) is 4.32. The quantitative estimate of drug-likeness (QED) is 0.193. The summed E-state index contributed by atoms with van der Waals surface area (Å²) in [5.41, 5.74) is 2.78. The average molecular weight is 457 g/mol. The van der Waals surface area contributed by atoms with E-state index in [1.807, 2.05) is 91.1 Å². The fourth-order valence-corrected chi connectivity index (χ4v) is 3.31. The number of ether oxygens (including phenoxy) is 2. The lowest BCUT2D eigenvalue weighted by Gasteiger charge is -2.23. The van der Waals surface area contributed by atoms with Crippen molar-refractivity contribution in [2.45, 2.75) is 72.0 Å². The standard InChI is InChI=1S/C25H30O4S.C2H6/c1-16-14-19(8-13-22(26)20-9-11-21(30-7)12-10-20)15-17(2)23(16)28-18(3)24(27)29-25(4,5)6;1-2/h8-15,18H,1-7H3;1-2H3/b13-8+;. The molecule has 1 unspecified atom stereocenters. The molecule has 0 saturated carbocycles.